The lowest BCUT2D eigenvalue weighted by atomic mass is 10.1. The van der Waals surface area contributed by atoms with Gasteiger partial charge in [0.2, 0.25) is 0 Å². The Hall–Kier alpha value is -1.09. The van der Waals surface area contributed by atoms with Gasteiger partial charge in [0, 0.05) is 22.8 Å². The van der Waals surface area contributed by atoms with Gasteiger partial charge in [0.1, 0.15) is 0 Å². The first-order chi connectivity index (χ1) is 9.15. The highest BCUT2D eigenvalue weighted by molar-refractivity contribution is 6.35. The summed E-state index contributed by atoms with van der Waals surface area (Å²) in [6.07, 6.45) is 2.76. The van der Waals surface area contributed by atoms with E-state index in [1.807, 2.05) is 31.3 Å². The second-order valence-corrected chi connectivity index (χ2v) is 5.33. The van der Waals surface area contributed by atoms with Crippen LogP contribution in [0.5, 0.6) is 0 Å². The molecule has 4 heteroatoms. The average Bonchev–Trinajstić information content (AvgIpc) is 2.39. The first-order valence-electron chi connectivity index (χ1n) is 6.21. The second kappa shape index (κ2) is 6.90. The maximum Gasteiger partial charge on any atom is 0.0541 e. The summed E-state index contributed by atoms with van der Waals surface area (Å²) in [6, 6.07) is 9.72. The third kappa shape index (κ3) is 4.50. The maximum atomic E-state index is 6.12. The van der Waals surface area contributed by atoms with Gasteiger partial charge in [-0.15, -0.1) is 0 Å². The summed E-state index contributed by atoms with van der Waals surface area (Å²) in [5.74, 6) is 0. The van der Waals surface area contributed by atoms with E-state index in [-0.39, 0.29) is 0 Å². The van der Waals surface area contributed by atoms with Crippen LogP contribution in [0.1, 0.15) is 16.8 Å². The molecule has 0 aliphatic rings. The molecule has 0 atom stereocenters. The maximum absolute atomic E-state index is 6.12. The van der Waals surface area contributed by atoms with Crippen molar-refractivity contribution in [2.45, 2.75) is 19.9 Å². The molecule has 2 aromatic rings. The van der Waals surface area contributed by atoms with Crippen LogP contribution in [0.4, 0.5) is 0 Å². The number of nitrogens with one attached hydrogen (secondary N) is 1. The summed E-state index contributed by atoms with van der Waals surface area (Å²) >= 11 is 12.0. The Morgan fingerprint density at radius 2 is 2.00 bits per heavy atom. The Kier molecular flexibility index (Phi) is 5.20. The van der Waals surface area contributed by atoms with E-state index in [2.05, 4.69) is 16.4 Å². The van der Waals surface area contributed by atoms with E-state index in [9.17, 15) is 0 Å². The first kappa shape index (κ1) is 14.3. The van der Waals surface area contributed by atoms with Gasteiger partial charge in [0.15, 0.2) is 0 Å². The van der Waals surface area contributed by atoms with E-state index in [0.29, 0.717) is 5.02 Å². The smallest absolute Gasteiger partial charge is 0.0541 e. The lowest BCUT2D eigenvalue weighted by molar-refractivity contribution is 0.674. The summed E-state index contributed by atoms with van der Waals surface area (Å²) in [4.78, 5) is 4.35. The third-order valence-corrected chi connectivity index (χ3v) is 3.45. The fourth-order valence-corrected chi connectivity index (χ4v) is 2.27. The zero-order valence-electron chi connectivity index (χ0n) is 10.8. The summed E-state index contributed by atoms with van der Waals surface area (Å²) in [5, 5.41) is 4.75. The van der Waals surface area contributed by atoms with Crippen molar-refractivity contribution in [2.24, 2.45) is 0 Å². The minimum absolute atomic E-state index is 0.672. The Bertz CT molecular complexity index is 538. The van der Waals surface area contributed by atoms with Gasteiger partial charge in [-0.1, -0.05) is 35.3 Å². The van der Waals surface area contributed by atoms with Crippen molar-refractivity contribution in [3.63, 3.8) is 0 Å². The Morgan fingerprint density at radius 1 is 1.16 bits per heavy atom. The topological polar surface area (TPSA) is 24.9 Å². The molecule has 0 aliphatic carbocycles. The molecule has 0 saturated heterocycles. The number of pyridine rings is 1. The van der Waals surface area contributed by atoms with Gasteiger partial charge in [-0.05, 0) is 49.2 Å². The van der Waals surface area contributed by atoms with Crippen molar-refractivity contribution in [1.29, 1.82) is 0 Å². The number of nitrogens with zero attached hydrogens (tertiary/aromatic N) is 1. The highest BCUT2D eigenvalue weighted by Gasteiger charge is 2.01. The minimum Gasteiger partial charge on any atom is -0.311 e. The quantitative estimate of drug-likeness (QED) is 0.842. The lowest BCUT2D eigenvalue weighted by Crippen LogP contribution is -2.17. The van der Waals surface area contributed by atoms with Crippen LogP contribution in [0.3, 0.4) is 0 Å². The molecule has 0 saturated carbocycles. The van der Waals surface area contributed by atoms with Gasteiger partial charge in [-0.2, -0.15) is 0 Å². The van der Waals surface area contributed by atoms with Gasteiger partial charge in [0.05, 0.1) is 5.69 Å². The highest BCUT2D eigenvalue weighted by Crippen LogP contribution is 2.21. The minimum atomic E-state index is 0.672. The molecule has 1 heterocycles. The van der Waals surface area contributed by atoms with Crippen molar-refractivity contribution in [3.05, 3.63) is 63.4 Å². The Labute approximate surface area is 123 Å². The zero-order chi connectivity index (χ0) is 13.7. The average molecular weight is 295 g/mol. The number of hydrogen-bond donors (Lipinski definition) is 1. The fourth-order valence-electron chi connectivity index (χ4n) is 1.77. The number of aromatic nitrogens is 1. The Balaban J connectivity index is 1.79. The van der Waals surface area contributed by atoms with Gasteiger partial charge < -0.3 is 5.32 Å². The van der Waals surface area contributed by atoms with Crippen LogP contribution in [0.2, 0.25) is 10.0 Å². The number of halogens is 2. The highest BCUT2D eigenvalue weighted by atomic mass is 35.5. The van der Waals surface area contributed by atoms with Crippen molar-refractivity contribution >= 4 is 23.2 Å². The van der Waals surface area contributed by atoms with Crippen LogP contribution in [-0.2, 0) is 13.0 Å². The molecule has 0 fully saturated rings. The number of benzene rings is 1. The standard InChI is InChI=1S/C15H16Cl2N2/c1-11-2-5-14(19-9-11)10-18-7-6-12-3-4-13(16)8-15(12)17/h2-5,8-9,18H,6-7,10H2,1H3. The van der Waals surface area contributed by atoms with E-state index < -0.39 is 0 Å². The molecule has 1 N–H and O–H groups in total. The molecule has 1 aromatic heterocycles. The van der Waals surface area contributed by atoms with Gasteiger partial charge in [-0.25, -0.2) is 0 Å². The number of aryl methyl sites for hydroxylation is 1. The molecular formula is C15H16Cl2N2. The van der Waals surface area contributed by atoms with E-state index >= 15 is 0 Å². The van der Waals surface area contributed by atoms with E-state index in [1.165, 1.54) is 5.56 Å². The monoisotopic (exact) mass is 294 g/mol. The molecule has 2 nitrogen and oxygen atoms in total. The van der Waals surface area contributed by atoms with Gasteiger partial charge in [0.25, 0.3) is 0 Å². The zero-order valence-corrected chi connectivity index (χ0v) is 12.3. The summed E-state index contributed by atoms with van der Waals surface area (Å²) < 4.78 is 0. The first-order valence-corrected chi connectivity index (χ1v) is 6.97. The Morgan fingerprint density at radius 3 is 2.68 bits per heavy atom. The molecule has 0 spiro atoms. The van der Waals surface area contributed by atoms with Gasteiger partial charge in [-0.3, -0.25) is 4.98 Å². The molecule has 0 aliphatic heterocycles. The molecule has 0 unspecified atom stereocenters. The van der Waals surface area contributed by atoms with Crippen LogP contribution in [0.25, 0.3) is 0 Å². The molecule has 0 bridgehead atoms. The van der Waals surface area contributed by atoms with E-state index in [1.54, 1.807) is 6.07 Å². The number of rotatable bonds is 5. The van der Waals surface area contributed by atoms with Crippen LogP contribution < -0.4 is 5.32 Å². The predicted octanol–water partition coefficient (Wildman–Crippen LogP) is 4.03. The largest absolute Gasteiger partial charge is 0.311 e. The molecule has 19 heavy (non-hydrogen) atoms. The van der Waals surface area contributed by atoms with Crippen molar-refractivity contribution < 1.29 is 0 Å². The molecule has 2 rings (SSSR count). The summed E-state index contributed by atoms with van der Waals surface area (Å²) in [6.45, 7) is 3.66. The van der Waals surface area contributed by atoms with Crippen molar-refractivity contribution in [3.8, 4) is 0 Å². The SMILES string of the molecule is Cc1ccc(CNCCc2ccc(Cl)cc2Cl)nc1. The molecule has 100 valence electrons. The van der Waals surface area contributed by atoms with E-state index in [4.69, 9.17) is 23.2 Å². The van der Waals surface area contributed by atoms with Crippen LogP contribution >= 0.6 is 23.2 Å². The molecular weight excluding hydrogens is 279 g/mol. The second-order valence-electron chi connectivity index (χ2n) is 4.49. The molecule has 0 radical (unpaired) electrons. The van der Waals surface area contributed by atoms with Crippen molar-refractivity contribution in [2.75, 3.05) is 6.54 Å². The number of hydrogen-bond acceptors (Lipinski definition) is 2. The van der Waals surface area contributed by atoms with Gasteiger partial charge >= 0.3 is 0 Å². The predicted molar refractivity (Wildman–Crippen MR) is 80.8 cm³/mol. The summed E-state index contributed by atoms with van der Waals surface area (Å²) in [5.41, 5.74) is 3.33. The molecule has 0 amide bonds. The normalized spacial score (nSPS) is 10.7. The summed E-state index contributed by atoms with van der Waals surface area (Å²) in [7, 11) is 0. The van der Waals surface area contributed by atoms with Crippen LogP contribution in [0.15, 0.2) is 36.5 Å². The van der Waals surface area contributed by atoms with E-state index in [0.717, 1.165) is 35.8 Å². The molecule has 1 aromatic carbocycles. The van der Waals surface area contributed by atoms with Crippen molar-refractivity contribution in [1.82, 2.24) is 10.3 Å². The van der Waals surface area contributed by atoms with Crippen LogP contribution in [-0.4, -0.2) is 11.5 Å². The lowest BCUT2D eigenvalue weighted by Gasteiger charge is -2.07. The fraction of sp³-hybridized carbons (Fsp3) is 0.267. The van der Waals surface area contributed by atoms with Crippen LogP contribution in [0, 0.1) is 6.92 Å². The third-order valence-electron chi connectivity index (χ3n) is 2.86.